The van der Waals surface area contributed by atoms with Gasteiger partial charge in [0.1, 0.15) is 11.5 Å². The zero-order chi connectivity index (χ0) is 17.5. The van der Waals surface area contributed by atoms with Crippen molar-refractivity contribution >= 4 is 11.7 Å². The summed E-state index contributed by atoms with van der Waals surface area (Å²) in [5.74, 6) is 0.811. The van der Waals surface area contributed by atoms with Gasteiger partial charge in [0, 0.05) is 26.2 Å². The van der Waals surface area contributed by atoms with E-state index in [1.807, 2.05) is 37.3 Å². The second-order valence-electron chi connectivity index (χ2n) is 6.47. The number of hydrogen-bond donors (Lipinski definition) is 0. The van der Waals surface area contributed by atoms with E-state index >= 15 is 0 Å². The summed E-state index contributed by atoms with van der Waals surface area (Å²) in [7, 11) is 0. The molecule has 0 bridgehead atoms. The molecule has 1 amide bonds. The van der Waals surface area contributed by atoms with Crippen molar-refractivity contribution in [2.45, 2.75) is 39.2 Å². The van der Waals surface area contributed by atoms with Crippen molar-refractivity contribution in [3.63, 3.8) is 0 Å². The second-order valence-corrected chi connectivity index (χ2v) is 6.47. The molecule has 3 rings (SSSR count). The van der Waals surface area contributed by atoms with E-state index in [9.17, 15) is 4.79 Å². The van der Waals surface area contributed by atoms with E-state index in [0.29, 0.717) is 18.8 Å². The van der Waals surface area contributed by atoms with Crippen LogP contribution in [0.15, 0.2) is 42.7 Å². The number of hydrogen-bond acceptors (Lipinski definition) is 4. The highest BCUT2D eigenvalue weighted by molar-refractivity contribution is 5.92. The average molecular weight is 338 g/mol. The Kier molecular flexibility index (Phi) is 5.99. The maximum atomic E-state index is 12.7. The van der Waals surface area contributed by atoms with Crippen LogP contribution in [0.4, 0.5) is 5.82 Å². The minimum absolute atomic E-state index is 0.0683. The predicted octanol–water partition coefficient (Wildman–Crippen LogP) is 3.52. The van der Waals surface area contributed by atoms with Gasteiger partial charge in [0.15, 0.2) is 0 Å². The van der Waals surface area contributed by atoms with E-state index in [-0.39, 0.29) is 5.91 Å². The van der Waals surface area contributed by atoms with Gasteiger partial charge in [-0.25, -0.2) is 9.97 Å². The van der Waals surface area contributed by atoms with Gasteiger partial charge in [-0.2, -0.15) is 0 Å². The number of carbonyl (C=O) groups is 1. The molecule has 0 unspecified atom stereocenters. The Hall–Kier alpha value is -2.43. The highest BCUT2D eigenvalue weighted by Gasteiger charge is 2.18. The fourth-order valence-electron chi connectivity index (χ4n) is 3.19. The van der Waals surface area contributed by atoms with Crippen LogP contribution in [0.5, 0.6) is 0 Å². The fraction of sp³-hybridized carbons (Fsp3) is 0.450. The van der Waals surface area contributed by atoms with Crippen LogP contribution >= 0.6 is 0 Å². The van der Waals surface area contributed by atoms with Gasteiger partial charge in [-0.05, 0) is 25.3 Å². The van der Waals surface area contributed by atoms with Gasteiger partial charge in [0.2, 0.25) is 0 Å². The van der Waals surface area contributed by atoms with Gasteiger partial charge >= 0.3 is 0 Å². The normalized spacial score (nSPS) is 14.8. The van der Waals surface area contributed by atoms with Crippen LogP contribution < -0.4 is 4.90 Å². The fourth-order valence-corrected chi connectivity index (χ4v) is 3.19. The van der Waals surface area contributed by atoms with Gasteiger partial charge in [0.25, 0.3) is 5.91 Å². The Morgan fingerprint density at radius 3 is 2.36 bits per heavy atom. The molecule has 1 aromatic carbocycles. The first-order valence-electron chi connectivity index (χ1n) is 9.18. The zero-order valence-electron chi connectivity index (χ0n) is 14.9. The first-order chi connectivity index (χ1) is 12.3. The molecular weight excluding hydrogens is 312 g/mol. The summed E-state index contributed by atoms with van der Waals surface area (Å²) in [4.78, 5) is 25.7. The largest absolute Gasteiger partial charge is 0.355 e. The summed E-state index contributed by atoms with van der Waals surface area (Å²) in [5, 5.41) is 0. The maximum Gasteiger partial charge on any atom is 0.274 e. The molecule has 2 heterocycles. The Bertz CT molecular complexity index is 664. The topological polar surface area (TPSA) is 49.3 Å². The quantitative estimate of drug-likeness (QED) is 0.837. The Labute approximate surface area is 149 Å². The summed E-state index contributed by atoms with van der Waals surface area (Å²) in [6.07, 6.45) is 8.33. The second kappa shape index (κ2) is 8.60. The summed E-state index contributed by atoms with van der Waals surface area (Å²) >= 11 is 0. The lowest BCUT2D eigenvalue weighted by Crippen LogP contribution is -2.31. The molecule has 2 aromatic rings. The molecule has 1 fully saturated rings. The van der Waals surface area contributed by atoms with Gasteiger partial charge in [-0.3, -0.25) is 4.79 Å². The highest BCUT2D eigenvalue weighted by atomic mass is 16.2. The molecule has 5 heteroatoms. The SMILES string of the molecule is CCN(Cc1ccccc1)C(=O)c1cnc(N2CCCCCC2)cn1. The first kappa shape index (κ1) is 17.4. The van der Waals surface area contributed by atoms with Crippen molar-refractivity contribution in [3.05, 3.63) is 54.0 Å². The number of benzene rings is 1. The molecule has 1 aliphatic heterocycles. The molecule has 5 nitrogen and oxygen atoms in total. The van der Waals surface area contributed by atoms with E-state index in [4.69, 9.17) is 0 Å². The van der Waals surface area contributed by atoms with Crippen LogP contribution in [-0.2, 0) is 6.54 Å². The third kappa shape index (κ3) is 4.56. The smallest absolute Gasteiger partial charge is 0.274 e. The summed E-state index contributed by atoms with van der Waals surface area (Å²) < 4.78 is 0. The molecule has 0 aliphatic carbocycles. The Balaban J connectivity index is 1.68. The van der Waals surface area contributed by atoms with Gasteiger partial charge < -0.3 is 9.80 Å². The lowest BCUT2D eigenvalue weighted by Gasteiger charge is -2.22. The molecule has 0 N–H and O–H groups in total. The number of rotatable bonds is 5. The van der Waals surface area contributed by atoms with Gasteiger partial charge in [-0.15, -0.1) is 0 Å². The molecule has 1 aromatic heterocycles. The van der Waals surface area contributed by atoms with Crippen LogP contribution in [0.2, 0.25) is 0 Å². The van der Waals surface area contributed by atoms with E-state index in [2.05, 4.69) is 14.9 Å². The first-order valence-corrected chi connectivity index (χ1v) is 9.18. The number of anilines is 1. The number of nitrogens with zero attached hydrogens (tertiary/aromatic N) is 4. The Morgan fingerprint density at radius 1 is 1.04 bits per heavy atom. The standard InChI is InChI=1S/C20H26N4O/c1-2-23(16-17-10-6-5-7-11-17)20(25)18-14-22-19(15-21-18)24-12-8-3-4-9-13-24/h5-7,10-11,14-15H,2-4,8-9,12-13,16H2,1H3. The Morgan fingerprint density at radius 2 is 1.76 bits per heavy atom. The molecule has 1 saturated heterocycles. The number of carbonyl (C=O) groups excluding carboxylic acids is 1. The molecule has 0 radical (unpaired) electrons. The maximum absolute atomic E-state index is 12.7. The van der Waals surface area contributed by atoms with E-state index in [0.717, 1.165) is 24.5 Å². The molecule has 1 aliphatic rings. The van der Waals surface area contributed by atoms with Crippen molar-refractivity contribution in [1.82, 2.24) is 14.9 Å². The minimum atomic E-state index is -0.0683. The molecule has 132 valence electrons. The van der Waals surface area contributed by atoms with Crippen LogP contribution in [0.3, 0.4) is 0 Å². The van der Waals surface area contributed by atoms with E-state index in [1.54, 1.807) is 17.3 Å². The van der Waals surface area contributed by atoms with Gasteiger partial charge in [-0.1, -0.05) is 43.2 Å². The highest BCUT2D eigenvalue weighted by Crippen LogP contribution is 2.17. The average Bonchev–Trinajstić information content (AvgIpc) is 2.96. The van der Waals surface area contributed by atoms with Crippen molar-refractivity contribution in [2.75, 3.05) is 24.5 Å². The monoisotopic (exact) mass is 338 g/mol. The lowest BCUT2D eigenvalue weighted by molar-refractivity contribution is 0.0746. The number of aromatic nitrogens is 2. The molecule has 0 spiro atoms. The molecular formula is C20H26N4O. The summed E-state index contributed by atoms with van der Waals surface area (Å²) in [5.41, 5.74) is 1.53. The van der Waals surface area contributed by atoms with Crippen LogP contribution in [0.1, 0.15) is 48.7 Å². The molecule has 25 heavy (non-hydrogen) atoms. The zero-order valence-corrected chi connectivity index (χ0v) is 14.9. The lowest BCUT2D eigenvalue weighted by atomic mass is 10.2. The van der Waals surface area contributed by atoms with E-state index in [1.165, 1.54) is 25.7 Å². The van der Waals surface area contributed by atoms with Gasteiger partial charge in [0.05, 0.1) is 12.4 Å². The van der Waals surface area contributed by atoms with Crippen LogP contribution in [0.25, 0.3) is 0 Å². The minimum Gasteiger partial charge on any atom is -0.355 e. The van der Waals surface area contributed by atoms with Crippen molar-refractivity contribution in [1.29, 1.82) is 0 Å². The molecule has 0 atom stereocenters. The number of amides is 1. The van der Waals surface area contributed by atoms with Crippen molar-refractivity contribution in [2.24, 2.45) is 0 Å². The van der Waals surface area contributed by atoms with E-state index < -0.39 is 0 Å². The third-order valence-electron chi connectivity index (χ3n) is 4.67. The summed E-state index contributed by atoms with van der Waals surface area (Å²) in [6.45, 7) is 5.27. The van der Waals surface area contributed by atoms with Crippen molar-refractivity contribution in [3.8, 4) is 0 Å². The third-order valence-corrected chi connectivity index (χ3v) is 4.67. The van der Waals surface area contributed by atoms with Crippen LogP contribution in [0, 0.1) is 0 Å². The predicted molar refractivity (Wildman–Crippen MR) is 99.6 cm³/mol. The molecule has 0 saturated carbocycles. The summed E-state index contributed by atoms with van der Waals surface area (Å²) in [6, 6.07) is 10.0. The van der Waals surface area contributed by atoms with Crippen LogP contribution in [-0.4, -0.2) is 40.4 Å². The van der Waals surface area contributed by atoms with Crippen molar-refractivity contribution < 1.29 is 4.79 Å².